The van der Waals surface area contributed by atoms with Gasteiger partial charge in [0.15, 0.2) is 9.84 Å². The van der Waals surface area contributed by atoms with Gasteiger partial charge in [-0.3, -0.25) is 0 Å². The summed E-state index contributed by atoms with van der Waals surface area (Å²) < 4.78 is 23.5. The number of sulfone groups is 1. The van der Waals surface area contributed by atoms with Gasteiger partial charge in [-0.15, -0.1) is 0 Å². The van der Waals surface area contributed by atoms with E-state index in [2.05, 4.69) is 30.8 Å². The van der Waals surface area contributed by atoms with Crippen LogP contribution in [0.1, 0.15) is 5.56 Å². The third kappa shape index (κ3) is 4.14. The Balaban J connectivity index is 1.61. The number of hydrogen-bond donors (Lipinski definition) is 2. The second-order valence-corrected chi connectivity index (χ2v) is 8.56. The normalized spacial score (nSPS) is 11.4. The Labute approximate surface area is 168 Å². The zero-order chi connectivity index (χ0) is 20.4. The monoisotopic (exact) mass is 406 g/mol. The molecule has 0 atom stereocenters. The molecule has 146 valence electrons. The highest BCUT2D eigenvalue weighted by Gasteiger charge is 2.09. The summed E-state index contributed by atoms with van der Waals surface area (Å²) in [6, 6.07) is 14.2. The van der Waals surface area contributed by atoms with Crippen LogP contribution in [0.3, 0.4) is 0 Å². The standard InChI is InChI=1S/C20H18N6O2S/c1-13-5-3-8-16-17(12-22-26-19(13)16)24-18-9-10-21-20(25-18)23-14-6-4-7-15(11-14)29(2,27)28/h3-12H,1-2H3,(H2,21,23,24,25,26). The van der Waals surface area contributed by atoms with Gasteiger partial charge in [0.05, 0.1) is 22.3 Å². The van der Waals surface area contributed by atoms with Crippen LogP contribution in [0, 0.1) is 6.92 Å². The quantitative estimate of drug-likeness (QED) is 0.517. The molecule has 0 aliphatic heterocycles. The van der Waals surface area contributed by atoms with Crippen LogP contribution in [-0.2, 0) is 9.84 Å². The van der Waals surface area contributed by atoms with Gasteiger partial charge >= 0.3 is 0 Å². The lowest BCUT2D eigenvalue weighted by atomic mass is 10.1. The average molecular weight is 406 g/mol. The molecule has 2 heterocycles. The van der Waals surface area contributed by atoms with Crippen molar-refractivity contribution >= 4 is 43.9 Å². The van der Waals surface area contributed by atoms with Crippen LogP contribution in [0.4, 0.5) is 23.1 Å². The van der Waals surface area contributed by atoms with E-state index < -0.39 is 9.84 Å². The summed E-state index contributed by atoms with van der Waals surface area (Å²) in [4.78, 5) is 8.88. The maximum absolute atomic E-state index is 11.7. The van der Waals surface area contributed by atoms with Crippen molar-refractivity contribution in [3.63, 3.8) is 0 Å². The summed E-state index contributed by atoms with van der Waals surface area (Å²) in [7, 11) is -3.30. The Bertz CT molecular complexity index is 1310. The maximum atomic E-state index is 11.7. The fourth-order valence-electron chi connectivity index (χ4n) is 2.88. The molecule has 2 aromatic heterocycles. The number of fused-ring (bicyclic) bond motifs is 1. The lowest BCUT2D eigenvalue weighted by Gasteiger charge is -2.11. The molecule has 8 nitrogen and oxygen atoms in total. The zero-order valence-corrected chi connectivity index (χ0v) is 16.6. The molecule has 0 bridgehead atoms. The predicted octanol–water partition coefficient (Wildman–Crippen LogP) is 3.62. The molecule has 0 amide bonds. The summed E-state index contributed by atoms with van der Waals surface area (Å²) in [5.74, 6) is 0.903. The van der Waals surface area contributed by atoms with E-state index >= 15 is 0 Å². The van der Waals surface area contributed by atoms with Crippen molar-refractivity contribution < 1.29 is 8.42 Å². The number of nitrogens with zero attached hydrogens (tertiary/aromatic N) is 4. The molecule has 0 fully saturated rings. The van der Waals surface area contributed by atoms with Crippen LogP contribution < -0.4 is 10.6 Å². The van der Waals surface area contributed by atoms with Crippen LogP contribution in [0.5, 0.6) is 0 Å². The number of aromatic nitrogens is 4. The van der Waals surface area contributed by atoms with E-state index in [1.54, 1.807) is 42.7 Å². The van der Waals surface area contributed by atoms with Crippen LogP contribution in [0.15, 0.2) is 65.8 Å². The topological polar surface area (TPSA) is 110 Å². The van der Waals surface area contributed by atoms with Gasteiger partial charge in [-0.25, -0.2) is 13.4 Å². The molecule has 0 saturated heterocycles. The first-order chi connectivity index (χ1) is 13.9. The van der Waals surface area contributed by atoms with Gasteiger partial charge < -0.3 is 10.6 Å². The number of hydrogen-bond acceptors (Lipinski definition) is 8. The smallest absolute Gasteiger partial charge is 0.229 e. The molecule has 0 aliphatic carbocycles. The maximum Gasteiger partial charge on any atom is 0.229 e. The molecule has 4 aromatic rings. The fourth-order valence-corrected chi connectivity index (χ4v) is 3.55. The third-order valence-corrected chi connectivity index (χ3v) is 5.42. The van der Waals surface area contributed by atoms with Gasteiger partial charge in [-0.1, -0.05) is 24.3 Å². The number of nitrogens with one attached hydrogen (secondary N) is 2. The molecular weight excluding hydrogens is 388 g/mol. The number of rotatable bonds is 5. The first-order valence-electron chi connectivity index (χ1n) is 8.78. The van der Waals surface area contributed by atoms with Gasteiger partial charge in [-0.05, 0) is 36.8 Å². The number of anilines is 4. The minimum atomic E-state index is -3.30. The largest absolute Gasteiger partial charge is 0.338 e. The summed E-state index contributed by atoms with van der Waals surface area (Å²) in [6.07, 6.45) is 4.43. The first-order valence-corrected chi connectivity index (χ1v) is 10.7. The van der Waals surface area contributed by atoms with E-state index in [1.165, 1.54) is 6.26 Å². The van der Waals surface area contributed by atoms with Gasteiger partial charge in [0.2, 0.25) is 5.95 Å². The van der Waals surface area contributed by atoms with Crippen LogP contribution in [0.25, 0.3) is 10.9 Å². The van der Waals surface area contributed by atoms with Crippen molar-refractivity contribution in [2.75, 3.05) is 16.9 Å². The fraction of sp³-hybridized carbons (Fsp3) is 0.100. The van der Waals surface area contributed by atoms with Gasteiger partial charge in [0.1, 0.15) is 5.82 Å². The summed E-state index contributed by atoms with van der Waals surface area (Å²) in [5, 5.41) is 15.5. The lowest BCUT2D eigenvalue weighted by Crippen LogP contribution is -2.03. The Hall–Kier alpha value is -3.59. The number of aryl methyl sites for hydroxylation is 1. The van der Waals surface area contributed by atoms with Crippen LogP contribution in [0.2, 0.25) is 0 Å². The molecule has 0 unspecified atom stereocenters. The first kappa shape index (κ1) is 18.8. The molecule has 0 spiro atoms. The SMILES string of the molecule is Cc1cccc2c(Nc3ccnc(Nc4cccc(S(C)(=O)=O)c4)n3)cnnc12. The van der Waals surface area contributed by atoms with Crippen molar-refractivity contribution in [3.05, 3.63) is 66.5 Å². The third-order valence-electron chi connectivity index (χ3n) is 4.31. The second kappa shape index (κ2) is 7.44. The van der Waals surface area contributed by atoms with Gasteiger partial charge in [0.25, 0.3) is 0 Å². The van der Waals surface area contributed by atoms with E-state index in [0.29, 0.717) is 17.5 Å². The van der Waals surface area contributed by atoms with Crippen molar-refractivity contribution in [2.45, 2.75) is 11.8 Å². The molecule has 4 rings (SSSR count). The molecule has 2 aromatic carbocycles. The predicted molar refractivity (Wildman–Crippen MR) is 112 cm³/mol. The van der Waals surface area contributed by atoms with Crippen LogP contribution in [-0.4, -0.2) is 34.8 Å². The Morgan fingerprint density at radius 3 is 2.66 bits per heavy atom. The molecular formula is C20H18N6O2S. The minimum Gasteiger partial charge on any atom is -0.338 e. The van der Waals surface area contributed by atoms with E-state index in [0.717, 1.165) is 22.2 Å². The van der Waals surface area contributed by atoms with Gasteiger partial charge in [-0.2, -0.15) is 15.2 Å². The van der Waals surface area contributed by atoms with Crippen molar-refractivity contribution in [3.8, 4) is 0 Å². The summed E-state index contributed by atoms with van der Waals surface area (Å²) >= 11 is 0. The minimum absolute atomic E-state index is 0.224. The highest BCUT2D eigenvalue weighted by Crippen LogP contribution is 2.26. The number of benzene rings is 2. The molecule has 0 aliphatic rings. The Morgan fingerprint density at radius 2 is 1.83 bits per heavy atom. The van der Waals surface area contributed by atoms with Crippen molar-refractivity contribution in [2.24, 2.45) is 0 Å². The van der Waals surface area contributed by atoms with E-state index in [4.69, 9.17) is 0 Å². The molecule has 0 saturated carbocycles. The van der Waals surface area contributed by atoms with Crippen molar-refractivity contribution in [1.82, 2.24) is 20.2 Å². The van der Waals surface area contributed by atoms with Crippen LogP contribution >= 0.6 is 0 Å². The molecule has 29 heavy (non-hydrogen) atoms. The Morgan fingerprint density at radius 1 is 1.00 bits per heavy atom. The highest BCUT2D eigenvalue weighted by molar-refractivity contribution is 7.90. The van der Waals surface area contributed by atoms with E-state index in [9.17, 15) is 8.42 Å². The highest BCUT2D eigenvalue weighted by atomic mass is 32.2. The Kier molecular flexibility index (Phi) is 4.81. The van der Waals surface area contributed by atoms with Crippen molar-refractivity contribution in [1.29, 1.82) is 0 Å². The van der Waals surface area contributed by atoms with Gasteiger partial charge in [0, 0.05) is 23.5 Å². The second-order valence-electron chi connectivity index (χ2n) is 6.54. The molecule has 2 N–H and O–H groups in total. The lowest BCUT2D eigenvalue weighted by molar-refractivity contribution is 0.602. The molecule has 0 radical (unpaired) electrons. The summed E-state index contributed by atoms with van der Waals surface area (Å²) in [5.41, 5.74) is 3.22. The van der Waals surface area contributed by atoms with E-state index in [1.807, 2.05) is 25.1 Å². The summed E-state index contributed by atoms with van der Waals surface area (Å²) in [6.45, 7) is 1.98. The van der Waals surface area contributed by atoms with E-state index in [-0.39, 0.29) is 4.90 Å². The molecule has 9 heteroatoms. The zero-order valence-electron chi connectivity index (χ0n) is 15.8. The average Bonchev–Trinajstić information content (AvgIpc) is 2.69.